The maximum Gasteiger partial charge on any atom is 0.407 e. The smallest absolute Gasteiger partial charge is 0.407 e. The van der Waals surface area contributed by atoms with Crippen LogP contribution in [-0.4, -0.2) is 23.3 Å². The van der Waals surface area contributed by atoms with E-state index in [4.69, 9.17) is 4.74 Å². The summed E-state index contributed by atoms with van der Waals surface area (Å²) in [6.45, 7) is 7.79. The van der Waals surface area contributed by atoms with E-state index >= 15 is 0 Å². The van der Waals surface area contributed by atoms with Gasteiger partial charge < -0.3 is 15.2 Å². The summed E-state index contributed by atoms with van der Waals surface area (Å²) in [5.74, 6) is 5.96. The van der Waals surface area contributed by atoms with Crippen molar-refractivity contribution in [3.63, 3.8) is 0 Å². The Morgan fingerprint density at radius 2 is 2.10 bits per heavy atom. The second-order valence-corrected chi connectivity index (χ2v) is 5.50. The van der Waals surface area contributed by atoms with Crippen molar-refractivity contribution in [3.8, 4) is 17.6 Å². The predicted octanol–water partition coefficient (Wildman–Crippen LogP) is 2.97. The van der Waals surface area contributed by atoms with Gasteiger partial charge in [0.25, 0.3) is 0 Å². The molecule has 4 heteroatoms. The van der Waals surface area contributed by atoms with Crippen LogP contribution in [0.4, 0.5) is 4.79 Å². The maximum absolute atomic E-state index is 11.4. The molecule has 108 valence electrons. The van der Waals surface area contributed by atoms with E-state index in [1.807, 2.05) is 39.8 Å². The van der Waals surface area contributed by atoms with Gasteiger partial charge in [0.2, 0.25) is 0 Å². The standard InChI is InChI=1S/C16H21NO3/c1-12-8-9-14(18)13(11-12)7-5-6-10-17-15(19)20-16(2,3)4/h8-9,11,18H,6,10H2,1-4H3,(H,17,19). The molecule has 0 aliphatic carbocycles. The number of benzene rings is 1. The molecule has 0 unspecified atom stereocenters. The van der Waals surface area contributed by atoms with Gasteiger partial charge in [-0.25, -0.2) is 4.79 Å². The number of carbonyl (C=O) groups is 1. The van der Waals surface area contributed by atoms with Gasteiger partial charge in [-0.15, -0.1) is 0 Å². The van der Waals surface area contributed by atoms with Gasteiger partial charge in [0.15, 0.2) is 0 Å². The van der Waals surface area contributed by atoms with Crippen molar-refractivity contribution in [1.82, 2.24) is 5.32 Å². The highest BCUT2D eigenvalue weighted by atomic mass is 16.6. The minimum atomic E-state index is -0.497. The number of phenolic OH excluding ortho intramolecular Hbond substituents is 1. The van der Waals surface area contributed by atoms with E-state index in [9.17, 15) is 9.90 Å². The van der Waals surface area contributed by atoms with E-state index in [2.05, 4.69) is 17.2 Å². The Hall–Kier alpha value is -2.15. The number of carbonyl (C=O) groups excluding carboxylic acids is 1. The third-order valence-corrected chi connectivity index (χ3v) is 2.29. The summed E-state index contributed by atoms with van der Waals surface area (Å²) in [5.41, 5.74) is 1.14. The number of nitrogens with one attached hydrogen (secondary N) is 1. The molecule has 0 spiro atoms. The Balaban J connectivity index is 2.40. The van der Waals surface area contributed by atoms with E-state index in [1.165, 1.54) is 0 Å². The first kappa shape index (κ1) is 15.9. The van der Waals surface area contributed by atoms with Gasteiger partial charge in [0.05, 0.1) is 5.56 Å². The third kappa shape index (κ3) is 6.14. The second kappa shape index (κ2) is 6.85. The second-order valence-electron chi connectivity index (χ2n) is 5.50. The molecule has 0 bridgehead atoms. The Morgan fingerprint density at radius 1 is 1.40 bits per heavy atom. The van der Waals surface area contributed by atoms with Gasteiger partial charge in [-0.05, 0) is 45.4 Å². The molecule has 0 saturated carbocycles. The van der Waals surface area contributed by atoms with Crippen molar-refractivity contribution < 1.29 is 14.6 Å². The molecule has 0 aromatic heterocycles. The molecule has 0 heterocycles. The molecule has 1 rings (SSSR count). The van der Waals surface area contributed by atoms with Gasteiger partial charge in [0, 0.05) is 13.0 Å². The monoisotopic (exact) mass is 275 g/mol. The zero-order valence-corrected chi connectivity index (χ0v) is 12.4. The Labute approximate surface area is 120 Å². The van der Waals surface area contributed by atoms with Crippen LogP contribution in [0.2, 0.25) is 0 Å². The number of amides is 1. The molecule has 4 nitrogen and oxygen atoms in total. The highest BCUT2D eigenvalue weighted by Crippen LogP contribution is 2.16. The lowest BCUT2D eigenvalue weighted by molar-refractivity contribution is 0.0529. The fraction of sp³-hybridized carbons (Fsp3) is 0.438. The summed E-state index contributed by atoms with van der Waals surface area (Å²) in [5, 5.41) is 12.2. The minimum Gasteiger partial charge on any atom is -0.507 e. The number of rotatable bonds is 2. The number of alkyl carbamates (subject to hydrolysis) is 1. The molecule has 0 radical (unpaired) electrons. The molecule has 20 heavy (non-hydrogen) atoms. The van der Waals surface area contributed by atoms with E-state index < -0.39 is 11.7 Å². The van der Waals surface area contributed by atoms with E-state index in [0.29, 0.717) is 18.5 Å². The zero-order chi connectivity index (χ0) is 15.2. The van der Waals surface area contributed by atoms with Crippen molar-refractivity contribution in [1.29, 1.82) is 0 Å². The van der Waals surface area contributed by atoms with Crippen LogP contribution in [0.3, 0.4) is 0 Å². The SMILES string of the molecule is Cc1ccc(O)c(C#CCCNC(=O)OC(C)(C)C)c1. The van der Waals surface area contributed by atoms with Crippen LogP contribution < -0.4 is 5.32 Å². The van der Waals surface area contributed by atoms with Crippen molar-refractivity contribution in [2.24, 2.45) is 0 Å². The number of hydrogen-bond acceptors (Lipinski definition) is 3. The summed E-state index contributed by atoms with van der Waals surface area (Å²) in [6, 6.07) is 5.27. The van der Waals surface area contributed by atoms with Crippen LogP contribution in [0, 0.1) is 18.8 Å². The molecular weight excluding hydrogens is 254 g/mol. The van der Waals surface area contributed by atoms with Crippen LogP contribution in [0.1, 0.15) is 38.3 Å². The number of aromatic hydroxyl groups is 1. The van der Waals surface area contributed by atoms with Crippen molar-refractivity contribution in [2.45, 2.75) is 39.7 Å². The predicted molar refractivity (Wildman–Crippen MR) is 78.6 cm³/mol. The summed E-state index contributed by atoms with van der Waals surface area (Å²) >= 11 is 0. The van der Waals surface area contributed by atoms with E-state index in [1.54, 1.807) is 6.07 Å². The minimum absolute atomic E-state index is 0.170. The first-order valence-corrected chi connectivity index (χ1v) is 6.53. The third-order valence-electron chi connectivity index (χ3n) is 2.29. The van der Waals surface area contributed by atoms with Gasteiger partial charge >= 0.3 is 6.09 Å². The molecule has 0 saturated heterocycles. The van der Waals surface area contributed by atoms with Crippen molar-refractivity contribution >= 4 is 6.09 Å². The lowest BCUT2D eigenvalue weighted by atomic mass is 10.1. The Kier molecular flexibility index (Phi) is 5.45. The van der Waals surface area contributed by atoms with E-state index in [-0.39, 0.29) is 5.75 Å². The quantitative estimate of drug-likeness (QED) is 0.644. The van der Waals surface area contributed by atoms with Crippen LogP contribution in [0.5, 0.6) is 5.75 Å². The topological polar surface area (TPSA) is 58.6 Å². The van der Waals surface area contributed by atoms with Crippen LogP contribution in [0.15, 0.2) is 18.2 Å². The summed E-state index contributed by atoms with van der Waals surface area (Å²) in [7, 11) is 0. The fourth-order valence-corrected chi connectivity index (χ4v) is 1.45. The molecule has 0 fully saturated rings. The molecule has 2 N–H and O–H groups in total. The average molecular weight is 275 g/mol. The molecule has 1 amide bonds. The molecule has 1 aromatic rings. The average Bonchev–Trinajstić information content (AvgIpc) is 2.30. The van der Waals surface area contributed by atoms with Crippen LogP contribution in [-0.2, 0) is 4.74 Å². The molecular formula is C16H21NO3. The van der Waals surface area contributed by atoms with Gasteiger partial charge in [-0.1, -0.05) is 17.9 Å². The summed E-state index contributed by atoms with van der Waals surface area (Å²) in [4.78, 5) is 11.4. The van der Waals surface area contributed by atoms with Gasteiger partial charge in [-0.3, -0.25) is 0 Å². The van der Waals surface area contributed by atoms with E-state index in [0.717, 1.165) is 5.56 Å². The maximum atomic E-state index is 11.4. The number of phenols is 1. The van der Waals surface area contributed by atoms with Gasteiger partial charge in [0.1, 0.15) is 11.4 Å². The molecule has 1 aromatic carbocycles. The first-order chi connectivity index (χ1) is 9.28. The molecule has 0 aliphatic heterocycles. The van der Waals surface area contributed by atoms with Crippen molar-refractivity contribution in [2.75, 3.05) is 6.54 Å². The number of hydrogen-bond donors (Lipinski definition) is 2. The molecule has 0 aliphatic rings. The largest absolute Gasteiger partial charge is 0.507 e. The normalized spacial score (nSPS) is 10.4. The molecule has 0 atom stereocenters. The highest BCUT2D eigenvalue weighted by molar-refractivity contribution is 5.67. The highest BCUT2D eigenvalue weighted by Gasteiger charge is 2.15. The van der Waals surface area contributed by atoms with Crippen LogP contribution >= 0.6 is 0 Å². The van der Waals surface area contributed by atoms with Gasteiger partial charge in [-0.2, -0.15) is 0 Å². The lowest BCUT2D eigenvalue weighted by Gasteiger charge is -2.19. The fourth-order valence-electron chi connectivity index (χ4n) is 1.45. The first-order valence-electron chi connectivity index (χ1n) is 6.53. The lowest BCUT2D eigenvalue weighted by Crippen LogP contribution is -2.32. The zero-order valence-electron chi connectivity index (χ0n) is 12.4. The van der Waals surface area contributed by atoms with Crippen molar-refractivity contribution in [3.05, 3.63) is 29.3 Å². The number of ether oxygens (including phenoxy) is 1. The number of aryl methyl sites for hydroxylation is 1. The Morgan fingerprint density at radius 3 is 2.75 bits per heavy atom. The summed E-state index contributed by atoms with van der Waals surface area (Å²) < 4.78 is 5.10. The Bertz CT molecular complexity index is 533. The summed E-state index contributed by atoms with van der Waals surface area (Å²) in [6.07, 6.45) is 0.0461. The van der Waals surface area contributed by atoms with Crippen LogP contribution in [0.25, 0.3) is 0 Å².